The summed E-state index contributed by atoms with van der Waals surface area (Å²) in [5.41, 5.74) is 0.0113. The lowest BCUT2D eigenvalue weighted by molar-refractivity contribution is -0.133. The SMILES string of the molecule is O=C(Nc1ccccn1)C(=O)Nc1cc(S(=O)(=O)N2CCOCC2)ccc1Cl. The number of sulfonamides is 1. The summed E-state index contributed by atoms with van der Waals surface area (Å²) in [5, 5.41) is 4.76. The highest BCUT2D eigenvalue weighted by Crippen LogP contribution is 2.27. The van der Waals surface area contributed by atoms with Crippen molar-refractivity contribution in [2.75, 3.05) is 36.9 Å². The fourth-order valence-corrected chi connectivity index (χ4v) is 4.09. The Balaban J connectivity index is 1.76. The van der Waals surface area contributed by atoms with Crippen molar-refractivity contribution in [2.24, 2.45) is 0 Å². The molecule has 1 saturated heterocycles. The third-order valence-corrected chi connectivity index (χ3v) is 6.13. The van der Waals surface area contributed by atoms with Gasteiger partial charge in [0.2, 0.25) is 10.0 Å². The van der Waals surface area contributed by atoms with Gasteiger partial charge in [-0.2, -0.15) is 4.31 Å². The normalized spacial score (nSPS) is 15.0. The van der Waals surface area contributed by atoms with Crippen molar-refractivity contribution in [3.63, 3.8) is 0 Å². The molecule has 2 aromatic rings. The standard InChI is InChI=1S/C17H17ClN4O5S/c18-13-5-4-12(28(25,26)22-7-9-27-10-8-22)11-14(13)20-16(23)17(24)21-15-3-1-2-6-19-15/h1-6,11H,7-10H2,(H,20,23)(H,19,21,24). The number of nitrogens with one attached hydrogen (secondary N) is 2. The molecule has 0 atom stereocenters. The van der Waals surface area contributed by atoms with E-state index in [2.05, 4.69) is 15.6 Å². The Labute approximate surface area is 166 Å². The molecule has 148 valence electrons. The summed E-state index contributed by atoms with van der Waals surface area (Å²) in [7, 11) is -3.77. The number of ether oxygens (including phenoxy) is 1. The number of halogens is 1. The Hall–Kier alpha value is -2.53. The van der Waals surface area contributed by atoms with Gasteiger partial charge in [-0.3, -0.25) is 9.59 Å². The molecule has 2 amide bonds. The van der Waals surface area contributed by atoms with Crippen LogP contribution in [0.3, 0.4) is 0 Å². The molecule has 0 radical (unpaired) electrons. The van der Waals surface area contributed by atoms with Crippen molar-refractivity contribution in [3.05, 3.63) is 47.6 Å². The van der Waals surface area contributed by atoms with E-state index in [1.54, 1.807) is 12.1 Å². The van der Waals surface area contributed by atoms with Crippen LogP contribution < -0.4 is 10.6 Å². The first-order valence-electron chi connectivity index (χ1n) is 8.29. The molecule has 0 unspecified atom stereocenters. The molecular formula is C17H17ClN4O5S. The Bertz CT molecular complexity index is 978. The Morgan fingerprint density at radius 2 is 1.79 bits per heavy atom. The largest absolute Gasteiger partial charge is 0.379 e. The van der Waals surface area contributed by atoms with Gasteiger partial charge >= 0.3 is 11.8 Å². The van der Waals surface area contributed by atoms with Gasteiger partial charge in [0.05, 0.1) is 28.8 Å². The van der Waals surface area contributed by atoms with Gasteiger partial charge in [-0.05, 0) is 30.3 Å². The van der Waals surface area contributed by atoms with Gasteiger partial charge in [0.25, 0.3) is 0 Å². The van der Waals surface area contributed by atoms with Crippen molar-refractivity contribution in [1.82, 2.24) is 9.29 Å². The minimum absolute atomic E-state index is 0.0113. The number of hydrogen-bond acceptors (Lipinski definition) is 6. The molecule has 28 heavy (non-hydrogen) atoms. The molecule has 1 aromatic heterocycles. The van der Waals surface area contributed by atoms with Crippen molar-refractivity contribution in [1.29, 1.82) is 0 Å². The highest BCUT2D eigenvalue weighted by molar-refractivity contribution is 7.89. The molecule has 11 heteroatoms. The Morgan fingerprint density at radius 3 is 2.46 bits per heavy atom. The molecule has 1 fully saturated rings. The second kappa shape index (κ2) is 8.65. The molecule has 0 spiro atoms. The lowest BCUT2D eigenvalue weighted by Gasteiger charge is -2.26. The zero-order chi connectivity index (χ0) is 20.1. The maximum Gasteiger partial charge on any atom is 0.315 e. The van der Waals surface area contributed by atoms with Crippen LogP contribution in [0.25, 0.3) is 0 Å². The maximum atomic E-state index is 12.7. The van der Waals surface area contributed by atoms with E-state index in [9.17, 15) is 18.0 Å². The molecule has 2 heterocycles. The number of aromatic nitrogens is 1. The van der Waals surface area contributed by atoms with E-state index >= 15 is 0 Å². The smallest absolute Gasteiger partial charge is 0.315 e. The highest BCUT2D eigenvalue weighted by Gasteiger charge is 2.27. The number of benzene rings is 1. The molecule has 1 aliphatic heterocycles. The number of anilines is 2. The number of rotatable bonds is 4. The van der Waals surface area contributed by atoms with Crippen molar-refractivity contribution < 1.29 is 22.7 Å². The van der Waals surface area contributed by atoms with Crippen LogP contribution in [0.2, 0.25) is 5.02 Å². The molecule has 0 bridgehead atoms. The number of hydrogen-bond donors (Lipinski definition) is 2. The first-order valence-corrected chi connectivity index (χ1v) is 10.1. The number of carbonyl (C=O) groups is 2. The zero-order valence-electron chi connectivity index (χ0n) is 14.6. The molecule has 1 aromatic carbocycles. The van der Waals surface area contributed by atoms with Crippen LogP contribution >= 0.6 is 11.6 Å². The topological polar surface area (TPSA) is 118 Å². The van der Waals surface area contributed by atoms with Crippen LogP contribution in [0.1, 0.15) is 0 Å². The minimum atomic E-state index is -3.77. The number of pyridine rings is 1. The number of carbonyl (C=O) groups excluding carboxylic acids is 2. The van der Waals surface area contributed by atoms with E-state index in [-0.39, 0.29) is 34.5 Å². The second-order valence-electron chi connectivity index (χ2n) is 5.78. The molecule has 0 aliphatic carbocycles. The summed E-state index contributed by atoms with van der Waals surface area (Å²) in [4.78, 5) is 28.0. The summed E-state index contributed by atoms with van der Waals surface area (Å²) < 4.78 is 31.9. The zero-order valence-corrected chi connectivity index (χ0v) is 16.2. The summed E-state index contributed by atoms with van der Waals surface area (Å²) in [6, 6.07) is 8.75. The first-order chi connectivity index (χ1) is 13.4. The van der Waals surface area contributed by atoms with E-state index in [0.29, 0.717) is 13.2 Å². The molecule has 9 nitrogen and oxygen atoms in total. The van der Waals surface area contributed by atoms with Gasteiger partial charge in [-0.15, -0.1) is 0 Å². The molecular weight excluding hydrogens is 408 g/mol. The van der Waals surface area contributed by atoms with Gasteiger partial charge in [0.1, 0.15) is 5.82 Å². The lowest BCUT2D eigenvalue weighted by Crippen LogP contribution is -2.40. The Morgan fingerprint density at radius 1 is 1.07 bits per heavy atom. The number of amides is 2. The number of nitrogens with zero attached hydrogens (tertiary/aromatic N) is 2. The average Bonchev–Trinajstić information content (AvgIpc) is 2.71. The van der Waals surface area contributed by atoms with E-state index in [0.717, 1.165) is 0 Å². The van der Waals surface area contributed by atoms with E-state index in [4.69, 9.17) is 16.3 Å². The van der Waals surface area contributed by atoms with Crippen molar-refractivity contribution >= 4 is 44.9 Å². The van der Waals surface area contributed by atoms with Crippen molar-refractivity contribution in [2.45, 2.75) is 4.90 Å². The average molecular weight is 425 g/mol. The van der Waals surface area contributed by atoms with Gasteiger partial charge in [0, 0.05) is 19.3 Å². The monoisotopic (exact) mass is 424 g/mol. The highest BCUT2D eigenvalue weighted by atomic mass is 35.5. The fraction of sp³-hybridized carbons (Fsp3) is 0.235. The van der Waals surface area contributed by atoms with Gasteiger partial charge in [0.15, 0.2) is 0 Å². The summed E-state index contributed by atoms with van der Waals surface area (Å²) in [6.45, 7) is 1.09. The fourth-order valence-electron chi connectivity index (χ4n) is 2.49. The summed E-state index contributed by atoms with van der Waals surface area (Å²) >= 11 is 6.05. The predicted molar refractivity (Wildman–Crippen MR) is 103 cm³/mol. The van der Waals surface area contributed by atoms with Gasteiger partial charge in [-0.1, -0.05) is 17.7 Å². The van der Waals surface area contributed by atoms with E-state index in [1.165, 1.54) is 34.8 Å². The second-order valence-corrected chi connectivity index (χ2v) is 8.13. The third-order valence-electron chi connectivity index (χ3n) is 3.91. The molecule has 1 aliphatic rings. The third kappa shape index (κ3) is 4.65. The van der Waals surface area contributed by atoms with Crippen LogP contribution in [0.15, 0.2) is 47.5 Å². The van der Waals surface area contributed by atoms with Crippen LogP contribution in [0, 0.1) is 0 Å². The summed E-state index contributed by atoms with van der Waals surface area (Å²) in [5.74, 6) is -1.76. The van der Waals surface area contributed by atoms with E-state index < -0.39 is 21.8 Å². The lowest BCUT2D eigenvalue weighted by atomic mass is 10.3. The van der Waals surface area contributed by atoms with Crippen LogP contribution in [0.4, 0.5) is 11.5 Å². The number of morpholine rings is 1. The van der Waals surface area contributed by atoms with Gasteiger partial charge < -0.3 is 15.4 Å². The molecule has 3 rings (SSSR count). The quantitative estimate of drug-likeness (QED) is 0.715. The van der Waals surface area contributed by atoms with Crippen LogP contribution in [0.5, 0.6) is 0 Å². The van der Waals surface area contributed by atoms with Crippen LogP contribution in [-0.2, 0) is 24.3 Å². The maximum absolute atomic E-state index is 12.7. The van der Waals surface area contributed by atoms with Crippen molar-refractivity contribution in [3.8, 4) is 0 Å². The first kappa shape index (κ1) is 20.2. The van der Waals surface area contributed by atoms with Crippen LogP contribution in [-0.4, -0.2) is 55.8 Å². The Kier molecular flexibility index (Phi) is 6.25. The minimum Gasteiger partial charge on any atom is -0.379 e. The summed E-state index contributed by atoms with van der Waals surface area (Å²) in [6.07, 6.45) is 1.46. The van der Waals surface area contributed by atoms with E-state index in [1.807, 2.05) is 0 Å². The molecule has 0 saturated carbocycles. The molecule has 2 N–H and O–H groups in total. The van der Waals surface area contributed by atoms with Gasteiger partial charge in [-0.25, -0.2) is 13.4 Å². The predicted octanol–water partition coefficient (Wildman–Crippen LogP) is 1.33.